The molecule has 6 fully saturated rings. The van der Waals surface area contributed by atoms with Gasteiger partial charge in [0, 0.05) is 40.5 Å². The zero-order valence-electron chi connectivity index (χ0n) is 50.5. The molecule has 6 heterocycles. The van der Waals surface area contributed by atoms with Crippen molar-refractivity contribution in [1.82, 2.24) is 21.3 Å². The van der Waals surface area contributed by atoms with Crippen LogP contribution in [0.25, 0.3) is 0 Å². The lowest BCUT2D eigenvalue weighted by Gasteiger charge is -2.51. The third kappa shape index (κ3) is 18.5. The first-order valence-corrected chi connectivity index (χ1v) is 30.4. The maximum absolute atomic E-state index is 13.1. The molecule has 6 rings (SSSR count). The second-order valence-corrected chi connectivity index (χ2v) is 24.2. The average molecular weight is 1410 g/mol. The number of hydrogen-bond acceptors (Lipinski definition) is 37. The topological polar surface area (TPSA) is 700 Å². The van der Waals surface area contributed by atoms with Crippen molar-refractivity contribution >= 4 is 46.0 Å². The maximum atomic E-state index is 13.1. The molecule has 0 unspecified atom stereocenters. The van der Waals surface area contributed by atoms with Crippen LogP contribution in [0.4, 0.5) is 0 Å². The predicted molar refractivity (Wildman–Crippen MR) is 290 cm³/mol. The number of aliphatic carboxylic acids is 2. The van der Waals surface area contributed by atoms with E-state index in [2.05, 4.69) is 25.5 Å². The molecule has 0 aromatic heterocycles. The molecule has 0 aliphatic carbocycles. The number of hydrogen-bond donors (Lipinski definition) is 24. The van der Waals surface area contributed by atoms with Gasteiger partial charge in [0.25, 0.3) is 11.6 Å². The Morgan fingerprint density at radius 1 is 0.484 bits per heavy atom. The van der Waals surface area contributed by atoms with Gasteiger partial charge in [-0.15, -0.1) is 0 Å². The number of aliphatic hydroxyl groups is 17. The lowest BCUT2D eigenvalue weighted by molar-refractivity contribution is -0.384. The van der Waals surface area contributed by atoms with E-state index in [1.54, 1.807) is 0 Å². The van der Waals surface area contributed by atoms with Crippen LogP contribution in [0.1, 0.15) is 40.5 Å². The summed E-state index contributed by atoms with van der Waals surface area (Å²) in [6.45, 7) is -3.57. The standard InChI is InChI=1S/C50H82N4O40S/c1-13(59)51-25-17(63)5-49(47(76)77,91-39(25)29(67)19(65)7-55)93-41-31(69)21(9-57)86-45(35(41)73)90-38-28(54-16(4)62)43(75)85-23(32(38)70)11-83-44-27(53-15(3)61)34(72)37(22(10-58)87-44)89-46-36(74)42(33(71)24(88-46)12-84-95(80,81)82)94-50(48(78)79)6-18(64)26(52-14(2)60)40(92-50)30(68)20(66)8-56/h17-46,55-58,63-75H,5-12H2,1-4H3,(H,51,59)(H,52,60)(H,53,61)(H,54,62)(H,76,77)(H,78,79)(H,80,81,82)/t17-,18-,19+,20+,21+,22+,23+,24+,25+,26+,27+,28+,29+,30+,31-,32-,33-,34+,35+,36+,37+,38+,39+,40+,41-,42-,43-,44+,45-,46-,49-,50-/m0/s1. The zero-order chi connectivity index (χ0) is 71.3. The van der Waals surface area contributed by atoms with Crippen LogP contribution in [0.5, 0.6) is 0 Å². The molecule has 45 heteroatoms. The highest BCUT2D eigenvalue weighted by Gasteiger charge is 2.63. The second-order valence-electron chi connectivity index (χ2n) is 23.1. The van der Waals surface area contributed by atoms with E-state index >= 15 is 0 Å². The molecule has 6 aliphatic heterocycles. The molecule has 95 heavy (non-hydrogen) atoms. The summed E-state index contributed by atoms with van der Waals surface area (Å²) in [7, 11) is -5.43. The van der Waals surface area contributed by atoms with Gasteiger partial charge in [-0.25, -0.2) is 13.8 Å². The molecule has 6 saturated heterocycles. The van der Waals surface area contributed by atoms with Gasteiger partial charge in [0.15, 0.2) is 25.2 Å². The number of ether oxygens (including phenoxy) is 11. The molecule has 0 aromatic rings. The highest BCUT2D eigenvalue weighted by atomic mass is 32.3. The van der Waals surface area contributed by atoms with Gasteiger partial charge in [-0.3, -0.25) is 23.7 Å². The molecular formula is C50H82N4O40S. The van der Waals surface area contributed by atoms with E-state index in [0.717, 1.165) is 27.7 Å². The fourth-order valence-electron chi connectivity index (χ4n) is 11.6. The number of aliphatic hydroxyl groups excluding tert-OH is 17. The molecule has 0 radical (unpaired) electrons. The predicted octanol–water partition coefficient (Wildman–Crippen LogP) is -15.3. The van der Waals surface area contributed by atoms with Gasteiger partial charge in [0.05, 0.1) is 63.9 Å². The third-order valence-electron chi connectivity index (χ3n) is 16.2. The Morgan fingerprint density at radius 3 is 1.27 bits per heavy atom. The summed E-state index contributed by atoms with van der Waals surface area (Å²) in [5.74, 6) is -14.6. The Hall–Kier alpha value is -4.43. The summed E-state index contributed by atoms with van der Waals surface area (Å²) in [6, 6.07) is -7.31. The van der Waals surface area contributed by atoms with Gasteiger partial charge >= 0.3 is 22.3 Å². The first-order valence-electron chi connectivity index (χ1n) is 29.0. The van der Waals surface area contributed by atoms with Crippen molar-refractivity contribution in [3.63, 3.8) is 0 Å². The SMILES string of the molecule is CC(=O)N[C@@H]1[C@@H](O[C@@H]2O[C@H](CO)[C@H](O)[C@H](O[C@]3(C(=O)O)C[C@H](O)[C@@H](NC(C)=O)[C@H]([C@H](O)[C@H](O)CO)O3)[C@H]2O)[C@@H](O)[C@@H](CO[C@@H]2O[C@H](CO)[C@@H](O[C@@H]3O[C@H](COS(=O)(=O)O)[C@H](O)[C@H](O[C@]4(C(=O)O)C[C@H](O)[C@@H](NC(C)=O)[C@H]([C@H](O)[C@H](O)CO)O4)[C@H]3O)[C@H](O)[C@H]2NC(C)=O)O[C@@H]1O. The van der Waals surface area contributed by atoms with Gasteiger partial charge in [0.1, 0.15) is 134 Å². The molecule has 24 N–H and O–H groups in total. The summed E-state index contributed by atoms with van der Waals surface area (Å²) in [5.41, 5.74) is 0. The van der Waals surface area contributed by atoms with Crippen LogP contribution >= 0.6 is 0 Å². The molecule has 0 bridgehead atoms. The van der Waals surface area contributed by atoms with Crippen molar-refractivity contribution in [2.24, 2.45) is 0 Å². The number of rotatable bonds is 28. The highest BCUT2D eigenvalue weighted by molar-refractivity contribution is 7.80. The molecular weight excluding hydrogens is 1330 g/mol. The smallest absolute Gasteiger partial charge is 0.397 e. The van der Waals surface area contributed by atoms with Crippen LogP contribution in [-0.4, -0.2) is 380 Å². The number of carboxylic acid groups (broad SMARTS) is 2. The molecule has 548 valence electrons. The number of carbonyl (C=O) groups is 6. The minimum Gasteiger partial charge on any atom is -0.477 e. The first-order chi connectivity index (χ1) is 44.3. The largest absolute Gasteiger partial charge is 0.477 e. The quantitative estimate of drug-likeness (QED) is 0.0324. The molecule has 0 spiro atoms. The molecule has 4 amide bonds. The fraction of sp³-hybridized carbons (Fsp3) is 0.880. The van der Waals surface area contributed by atoms with E-state index in [4.69, 9.17) is 52.1 Å². The van der Waals surface area contributed by atoms with Crippen molar-refractivity contribution in [3.8, 4) is 0 Å². The Labute approximate surface area is 536 Å². The Balaban J connectivity index is 1.26. The summed E-state index contributed by atoms with van der Waals surface area (Å²) < 4.78 is 100. The first kappa shape index (κ1) is 79.6. The summed E-state index contributed by atoms with van der Waals surface area (Å²) in [4.78, 5) is 75.8. The average Bonchev–Trinajstić information content (AvgIpc) is 0.762. The Kier molecular flexibility index (Phi) is 27.8. The number of nitrogens with one attached hydrogen (secondary N) is 4. The van der Waals surface area contributed by atoms with Crippen LogP contribution in [0.15, 0.2) is 0 Å². The van der Waals surface area contributed by atoms with Crippen LogP contribution in [0, 0.1) is 0 Å². The van der Waals surface area contributed by atoms with Gasteiger partial charge in [-0.05, 0) is 0 Å². The third-order valence-corrected chi connectivity index (χ3v) is 16.6. The van der Waals surface area contributed by atoms with Crippen molar-refractivity contribution < 1.29 is 195 Å². The van der Waals surface area contributed by atoms with E-state index in [9.17, 15) is 139 Å². The van der Waals surface area contributed by atoms with Crippen LogP contribution < -0.4 is 21.3 Å². The minimum absolute atomic E-state index is 0.860. The Bertz CT molecular complexity index is 2710. The monoisotopic (exact) mass is 1410 g/mol. The maximum Gasteiger partial charge on any atom is 0.397 e. The molecule has 44 nitrogen and oxygen atoms in total. The summed E-state index contributed by atoms with van der Waals surface area (Å²) in [6.07, 6.45) is -60.6. The van der Waals surface area contributed by atoms with Crippen molar-refractivity contribution in [3.05, 3.63) is 0 Å². The minimum atomic E-state index is -5.43. The van der Waals surface area contributed by atoms with Crippen molar-refractivity contribution in [2.45, 2.75) is 236 Å². The number of carboxylic acids is 2. The number of amides is 4. The van der Waals surface area contributed by atoms with Crippen LogP contribution in [-0.2, 0) is 95.5 Å². The second kappa shape index (κ2) is 33.2. The van der Waals surface area contributed by atoms with Gasteiger partial charge in [0.2, 0.25) is 23.6 Å². The molecule has 6 aliphatic rings. The van der Waals surface area contributed by atoms with E-state index in [1.807, 2.05) is 0 Å². The van der Waals surface area contributed by atoms with Gasteiger partial charge < -0.3 is 170 Å². The lowest BCUT2D eigenvalue weighted by Crippen LogP contribution is -2.71. The number of carbonyl (C=O) groups excluding carboxylic acids is 4. The van der Waals surface area contributed by atoms with Crippen LogP contribution in [0.2, 0.25) is 0 Å². The van der Waals surface area contributed by atoms with E-state index in [-0.39, 0.29) is 0 Å². The summed E-state index contributed by atoms with van der Waals surface area (Å²) >= 11 is 0. The molecule has 0 saturated carbocycles. The van der Waals surface area contributed by atoms with Gasteiger partial charge in [-0.2, -0.15) is 8.42 Å². The molecule has 32 atom stereocenters. The summed E-state index contributed by atoms with van der Waals surface area (Å²) in [5, 5.41) is 217. The normalized spacial score (nSPS) is 42.3. The van der Waals surface area contributed by atoms with E-state index in [1.165, 1.54) is 0 Å². The van der Waals surface area contributed by atoms with Crippen molar-refractivity contribution in [1.29, 1.82) is 0 Å². The highest BCUT2D eigenvalue weighted by Crippen LogP contribution is 2.41. The van der Waals surface area contributed by atoms with Crippen LogP contribution in [0.3, 0.4) is 0 Å². The fourth-order valence-corrected chi connectivity index (χ4v) is 11.9. The van der Waals surface area contributed by atoms with E-state index < -0.39 is 294 Å². The van der Waals surface area contributed by atoms with Gasteiger partial charge in [-0.1, -0.05) is 0 Å². The lowest BCUT2D eigenvalue weighted by atomic mass is 9.88. The molecule has 0 aromatic carbocycles. The Morgan fingerprint density at radius 2 is 0.863 bits per heavy atom. The van der Waals surface area contributed by atoms with E-state index in [0.29, 0.717) is 0 Å². The zero-order valence-corrected chi connectivity index (χ0v) is 51.3. The van der Waals surface area contributed by atoms with Crippen molar-refractivity contribution in [2.75, 3.05) is 39.6 Å².